The first kappa shape index (κ1) is 14.7. The maximum Gasteiger partial charge on any atom is 0.411 e. The summed E-state index contributed by atoms with van der Waals surface area (Å²) < 4.78 is 10.1. The lowest BCUT2D eigenvalue weighted by molar-refractivity contribution is -0.141. The molecular formula is C14H20N2O4. The van der Waals surface area contributed by atoms with E-state index in [9.17, 15) is 9.59 Å². The fourth-order valence-electron chi connectivity index (χ4n) is 2.60. The first-order valence-corrected chi connectivity index (χ1v) is 6.75. The zero-order valence-corrected chi connectivity index (χ0v) is 12.0. The summed E-state index contributed by atoms with van der Waals surface area (Å²) in [7, 11) is 1.31. The van der Waals surface area contributed by atoms with Gasteiger partial charge in [0, 0.05) is 25.9 Å². The molecule has 0 aromatic heterocycles. The number of rotatable bonds is 3. The molecule has 20 heavy (non-hydrogen) atoms. The van der Waals surface area contributed by atoms with E-state index in [1.165, 1.54) is 12.0 Å². The zero-order chi connectivity index (χ0) is 14.6. The Hall–Kier alpha value is -1.74. The third-order valence-corrected chi connectivity index (χ3v) is 3.84. The van der Waals surface area contributed by atoms with Gasteiger partial charge >= 0.3 is 12.1 Å². The Labute approximate surface area is 119 Å². The molecule has 2 aliphatic heterocycles. The van der Waals surface area contributed by atoms with Gasteiger partial charge in [0.05, 0.1) is 20.2 Å². The van der Waals surface area contributed by atoms with Crippen LogP contribution in [0.1, 0.15) is 19.8 Å². The summed E-state index contributed by atoms with van der Waals surface area (Å²) in [5, 5.41) is 0. The Morgan fingerprint density at radius 3 is 2.75 bits per heavy atom. The standard InChI is InChI=1S/C14H20N2O4/c1-3-4-7-15-8-5-14(6-9-15)11-16(13(18)20-14)10-12(17)19-2/h5-11H2,1-2H3. The molecule has 110 valence electrons. The number of esters is 1. The average molecular weight is 280 g/mol. The fourth-order valence-corrected chi connectivity index (χ4v) is 2.60. The lowest BCUT2D eigenvalue weighted by atomic mass is 9.91. The summed E-state index contributed by atoms with van der Waals surface area (Å²) in [5.41, 5.74) is -0.443. The van der Waals surface area contributed by atoms with Crippen molar-refractivity contribution in [1.29, 1.82) is 0 Å². The molecule has 0 aliphatic carbocycles. The van der Waals surface area contributed by atoms with Gasteiger partial charge in [-0.2, -0.15) is 0 Å². The third-order valence-electron chi connectivity index (χ3n) is 3.84. The molecule has 0 unspecified atom stereocenters. The van der Waals surface area contributed by atoms with E-state index in [2.05, 4.69) is 21.5 Å². The molecule has 2 rings (SSSR count). The quantitative estimate of drug-likeness (QED) is 0.555. The molecule has 0 bridgehead atoms. The number of methoxy groups -OCH3 is 1. The maximum atomic E-state index is 11.8. The van der Waals surface area contributed by atoms with Gasteiger partial charge in [-0.1, -0.05) is 5.92 Å². The van der Waals surface area contributed by atoms with Crippen molar-refractivity contribution in [2.24, 2.45) is 0 Å². The number of carbonyl (C=O) groups excluding carboxylic acids is 2. The summed E-state index contributed by atoms with van der Waals surface area (Å²) in [6.45, 7) is 4.72. The van der Waals surface area contributed by atoms with Crippen LogP contribution in [0.2, 0.25) is 0 Å². The second-order valence-electron chi connectivity index (χ2n) is 5.19. The molecule has 2 aliphatic rings. The molecule has 0 radical (unpaired) electrons. The molecule has 0 saturated carbocycles. The van der Waals surface area contributed by atoms with Crippen molar-refractivity contribution in [2.45, 2.75) is 25.4 Å². The Bertz CT molecular complexity index is 444. The molecule has 0 aromatic rings. The van der Waals surface area contributed by atoms with Crippen LogP contribution in [0.4, 0.5) is 4.79 Å². The molecule has 2 heterocycles. The molecule has 1 spiro atoms. The highest BCUT2D eigenvalue weighted by molar-refractivity contribution is 5.79. The van der Waals surface area contributed by atoms with E-state index >= 15 is 0 Å². The summed E-state index contributed by atoms with van der Waals surface area (Å²) >= 11 is 0. The van der Waals surface area contributed by atoms with Crippen molar-refractivity contribution in [3.63, 3.8) is 0 Å². The SMILES string of the molecule is CC#CCN1CCC2(CC1)CN(CC(=O)OC)C(=O)O2. The minimum Gasteiger partial charge on any atom is -0.468 e. The van der Waals surface area contributed by atoms with Crippen LogP contribution in [0.15, 0.2) is 0 Å². The maximum absolute atomic E-state index is 11.8. The first-order valence-electron chi connectivity index (χ1n) is 6.75. The minimum absolute atomic E-state index is 0.0396. The Morgan fingerprint density at radius 1 is 1.45 bits per heavy atom. The van der Waals surface area contributed by atoms with Gasteiger partial charge in [0.1, 0.15) is 12.1 Å². The summed E-state index contributed by atoms with van der Waals surface area (Å²) in [6, 6.07) is 0. The fraction of sp³-hybridized carbons (Fsp3) is 0.714. The minimum atomic E-state index is -0.443. The Kier molecular flexibility index (Phi) is 4.50. The smallest absolute Gasteiger partial charge is 0.411 e. The second kappa shape index (κ2) is 6.14. The van der Waals surface area contributed by atoms with Crippen LogP contribution >= 0.6 is 0 Å². The van der Waals surface area contributed by atoms with Gasteiger partial charge in [-0.15, -0.1) is 5.92 Å². The van der Waals surface area contributed by atoms with Crippen LogP contribution in [0.25, 0.3) is 0 Å². The van der Waals surface area contributed by atoms with Crippen LogP contribution in [0.3, 0.4) is 0 Å². The first-order chi connectivity index (χ1) is 9.58. The van der Waals surface area contributed by atoms with Crippen LogP contribution in [0.5, 0.6) is 0 Å². The highest BCUT2D eigenvalue weighted by Gasteiger charge is 2.47. The molecule has 0 atom stereocenters. The Balaban J connectivity index is 1.89. The summed E-state index contributed by atoms with van der Waals surface area (Å²) in [5.74, 6) is 5.50. The molecule has 1 amide bonds. The topological polar surface area (TPSA) is 59.1 Å². The van der Waals surface area contributed by atoms with E-state index in [4.69, 9.17) is 4.74 Å². The average Bonchev–Trinajstić information content (AvgIpc) is 2.74. The van der Waals surface area contributed by atoms with E-state index in [0.717, 1.165) is 32.5 Å². The van der Waals surface area contributed by atoms with Crippen molar-refractivity contribution >= 4 is 12.1 Å². The molecule has 6 nitrogen and oxygen atoms in total. The zero-order valence-electron chi connectivity index (χ0n) is 12.0. The summed E-state index contributed by atoms with van der Waals surface area (Å²) in [6.07, 6.45) is 1.14. The van der Waals surface area contributed by atoms with Crippen LogP contribution in [-0.4, -0.2) is 67.3 Å². The summed E-state index contributed by atoms with van der Waals surface area (Å²) in [4.78, 5) is 26.7. The third kappa shape index (κ3) is 3.23. The van der Waals surface area contributed by atoms with E-state index in [-0.39, 0.29) is 6.54 Å². The van der Waals surface area contributed by atoms with Gasteiger partial charge in [0.25, 0.3) is 0 Å². The van der Waals surface area contributed by atoms with Gasteiger partial charge in [-0.05, 0) is 6.92 Å². The van der Waals surface area contributed by atoms with Gasteiger partial charge < -0.3 is 9.47 Å². The number of amides is 1. The molecule has 6 heteroatoms. The van der Waals surface area contributed by atoms with Gasteiger partial charge in [-0.3, -0.25) is 14.6 Å². The normalized spacial score (nSPS) is 21.3. The van der Waals surface area contributed by atoms with Gasteiger partial charge in [-0.25, -0.2) is 4.79 Å². The van der Waals surface area contributed by atoms with E-state index < -0.39 is 17.7 Å². The molecular weight excluding hydrogens is 260 g/mol. The molecule has 0 N–H and O–H groups in total. The van der Waals surface area contributed by atoms with Crippen molar-refractivity contribution in [2.75, 3.05) is 39.8 Å². The van der Waals surface area contributed by atoms with Crippen molar-refractivity contribution in [3.05, 3.63) is 0 Å². The van der Waals surface area contributed by atoms with E-state index in [1.54, 1.807) is 0 Å². The molecule has 0 aromatic carbocycles. The monoisotopic (exact) mass is 280 g/mol. The van der Waals surface area contributed by atoms with Crippen molar-refractivity contribution in [3.8, 4) is 11.8 Å². The number of likely N-dealkylation sites (tertiary alicyclic amines) is 1. The van der Waals surface area contributed by atoms with Gasteiger partial charge in [0.15, 0.2) is 0 Å². The number of hydrogen-bond donors (Lipinski definition) is 0. The predicted molar refractivity (Wildman–Crippen MR) is 71.9 cm³/mol. The van der Waals surface area contributed by atoms with Crippen molar-refractivity contribution < 1.29 is 19.1 Å². The number of piperidine rings is 1. The van der Waals surface area contributed by atoms with Crippen LogP contribution in [-0.2, 0) is 14.3 Å². The molecule has 2 saturated heterocycles. The van der Waals surface area contributed by atoms with Crippen molar-refractivity contribution in [1.82, 2.24) is 9.80 Å². The number of hydrogen-bond acceptors (Lipinski definition) is 5. The van der Waals surface area contributed by atoms with Crippen LogP contribution < -0.4 is 0 Å². The highest BCUT2D eigenvalue weighted by atomic mass is 16.6. The molecule has 2 fully saturated rings. The van der Waals surface area contributed by atoms with E-state index in [1.807, 2.05) is 6.92 Å². The highest BCUT2D eigenvalue weighted by Crippen LogP contribution is 2.32. The van der Waals surface area contributed by atoms with Crippen LogP contribution in [0, 0.1) is 11.8 Å². The predicted octanol–water partition coefficient (Wildman–Crippen LogP) is 0.469. The van der Waals surface area contributed by atoms with E-state index in [0.29, 0.717) is 6.54 Å². The Morgan fingerprint density at radius 2 is 2.15 bits per heavy atom. The number of nitrogens with zero attached hydrogens (tertiary/aromatic N) is 2. The van der Waals surface area contributed by atoms with Gasteiger partial charge in [0.2, 0.25) is 0 Å². The lowest BCUT2D eigenvalue weighted by Crippen LogP contribution is -2.47. The largest absolute Gasteiger partial charge is 0.468 e. The second-order valence-corrected chi connectivity index (χ2v) is 5.19. The lowest BCUT2D eigenvalue weighted by Gasteiger charge is -2.36. The number of carbonyl (C=O) groups is 2. The number of ether oxygens (including phenoxy) is 2.